The number of nitrogens with one attached hydrogen (secondary N) is 1. The normalized spacial score (nSPS) is 25.4. The fraction of sp³-hybridized carbons (Fsp3) is 0.417. The van der Waals surface area contributed by atoms with Gasteiger partial charge >= 0.3 is 0 Å². The van der Waals surface area contributed by atoms with Crippen LogP contribution in [0.15, 0.2) is 35.4 Å². The Morgan fingerprint density at radius 1 is 1.16 bits per heavy atom. The Balaban J connectivity index is 1.70. The van der Waals surface area contributed by atoms with Gasteiger partial charge in [0.2, 0.25) is 0 Å². The number of rotatable bonds is 2. The third kappa shape index (κ3) is 3.43. The third-order valence-corrected chi connectivity index (χ3v) is 6.82. The molecule has 32 heavy (non-hydrogen) atoms. The summed E-state index contributed by atoms with van der Waals surface area (Å²) in [6.07, 6.45) is 0.921. The molecule has 1 saturated heterocycles. The number of benzene rings is 2. The van der Waals surface area contributed by atoms with Gasteiger partial charge in [-0.25, -0.2) is 14.2 Å². The summed E-state index contributed by atoms with van der Waals surface area (Å²) in [5.41, 5.74) is 5.33. The molecule has 5 rings (SSSR count). The molecule has 3 atom stereocenters. The second-order valence-electron chi connectivity index (χ2n) is 9.00. The summed E-state index contributed by atoms with van der Waals surface area (Å²) in [5, 5.41) is 4.16. The van der Waals surface area contributed by atoms with Gasteiger partial charge in [-0.2, -0.15) is 5.10 Å². The van der Waals surface area contributed by atoms with E-state index in [0.29, 0.717) is 28.6 Å². The lowest BCUT2D eigenvalue weighted by Gasteiger charge is -2.40. The van der Waals surface area contributed by atoms with Crippen LogP contribution >= 0.6 is 0 Å². The van der Waals surface area contributed by atoms with E-state index in [-0.39, 0.29) is 18.4 Å². The molecule has 1 N–H and O–H groups in total. The maximum atomic E-state index is 14.9. The van der Waals surface area contributed by atoms with Crippen molar-refractivity contribution in [3.63, 3.8) is 0 Å². The fourth-order valence-corrected chi connectivity index (χ4v) is 5.15. The molecular formula is C24H26F2N4O2. The van der Waals surface area contributed by atoms with Crippen LogP contribution in [0.3, 0.4) is 0 Å². The first kappa shape index (κ1) is 20.9. The molecule has 1 fully saturated rings. The molecule has 6 nitrogen and oxygen atoms in total. The summed E-state index contributed by atoms with van der Waals surface area (Å²) in [6.45, 7) is 6.09. The highest BCUT2D eigenvalue weighted by molar-refractivity contribution is 6.09. The summed E-state index contributed by atoms with van der Waals surface area (Å²) >= 11 is 0. The number of fused-ring (bicyclic) bond motifs is 3. The third-order valence-electron chi connectivity index (χ3n) is 6.82. The highest BCUT2D eigenvalue weighted by Crippen LogP contribution is 2.46. The monoisotopic (exact) mass is 440 g/mol. The van der Waals surface area contributed by atoms with E-state index in [9.17, 15) is 13.6 Å². The Bertz CT molecular complexity index is 1120. The van der Waals surface area contributed by atoms with Crippen LogP contribution < -0.4 is 15.1 Å². The van der Waals surface area contributed by atoms with E-state index in [0.717, 1.165) is 36.8 Å². The SMILES string of the molecule is C[C@@H]1C(=O)NN=C2COc3cc(-c4ccc(F)cc4F)c([C@@H]4CCN(C)C[C@@H]4C)cc3N21. The largest absolute Gasteiger partial charge is 0.483 e. The van der Waals surface area contributed by atoms with Crippen LogP contribution in [0.2, 0.25) is 0 Å². The van der Waals surface area contributed by atoms with E-state index >= 15 is 0 Å². The Morgan fingerprint density at radius 2 is 1.97 bits per heavy atom. The molecule has 2 aromatic carbocycles. The molecule has 0 spiro atoms. The number of halogens is 2. The van der Waals surface area contributed by atoms with Crippen molar-refractivity contribution in [2.45, 2.75) is 32.2 Å². The Labute approximate surface area is 185 Å². The molecule has 0 saturated carbocycles. The molecule has 0 aliphatic carbocycles. The summed E-state index contributed by atoms with van der Waals surface area (Å²) in [7, 11) is 2.10. The molecule has 0 radical (unpaired) electrons. The van der Waals surface area contributed by atoms with Gasteiger partial charge in [-0.05, 0) is 74.2 Å². The fourth-order valence-electron chi connectivity index (χ4n) is 5.15. The number of carbonyl (C=O) groups excluding carboxylic acids is 1. The first-order valence-corrected chi connectivity index (χ1v) is 10.9. The van der Waals surface area contributed by atoms with Crippen LogP contribution in [-0.2, 0) is 4.79 Å². The minimum Gasteiger partial charge on any atom is -0.483 e. The van der Waals surface area contributed by atoms with Gasteiger partial charge < -0.3 is 14.5 Å². The number of nitrogens with zero attached hydrogens (tertiary/aromatic N) is 3. The Kier molecular flexibility index (Phi) is 5.12. The molecule has 0 unspecified atom stereocenters. The standard InChI is InChI=1S/C24H26F2N4O2/c1-13-11-29(3)7-6-16(13)18-9-21-22(10-19(18)17-5-4-15(25)8-20(17)26)32-12-23-27-28-24(31)14(2)30(21)23/h4-5,8-10,13-14,16H,6-7,11-12H2,1-3H3,(H,28,31)/t13-,14+,16+/m0/s1. The summed E-state index contributed by atoms with van der Waals surface area (Å²) in [5.74, 6) is 0.325. The van der Waals surface area contributed by atoms with Gasteiger partial charge in [0, 0.05) is 18.2 Å². The van der Waals surface area contributed by atoms with Crippen LogP contribution in [0.1, 0.15) is 31.7 Å². The molecule has 3 aliphatic rings. The predicted molar refractivity (Wildman–Crippen MR) is 119 cm³/mol. The van der Waals surface area contributed by atoms with Crippen LogP contribution in [0.25, 0.3) is 11.1 Å². The lowest BCUT2D eigenvalue weighted by Crippen LogP contribution is -2.55. The number of anilines is 1. The van der Waals surface area contributed by atoms with E-state index < -0.39 is 17.7 Å². The van der Waals surface area contributed by atoms with E-state index in [2.05, 4.69) is 29.4 Å². The number of amidine groups is 1. The molecule has 3 heterocycles. The lowest BCUT2D eigenvalue weighted by molar-refractivity contribution is -0.122. The Hall–Kier alpha value is -3.00. The quantitative estimate of drug-likeness (QED) is 0.774. The van der Waals surface area contributed by atoms with Gasteiger partial charge in [0.1, 0.15) is 30.0 Å². The van der Waals surface area contributed by atoms with Crippen LogP contribution in [-0.4, -0.2) is 49.4 Å². The number of ether oxygens (including phenoxy) is 1. The van der Waals surface area contributed by atoms with E-state index in [1.807, 2.05) is 24.0 Å². The first-order valence-electron chi connectivity index (χ1n) is 10.9. The van der Waals surface area contributed by atoms with Crippen molar-refractivity contribution in [1.82, 2.24) is 10.3 Å². The number of hydrazone groups is 1. The van der Waals surface area contributed by atoms with Crippen molar-refractivity contribution in [2.24, 2.45) is 11.0 Å². The molecule has 2 aromatic rings. The summed E-state index contributed by atoms with van der Waals surface area (Å²) in [4.78, 5) is 16.5. The second kappa shape index (κ2) is 7.85. The van der Waals surface area contributed by atoms with Crippen molar-refractivity contribution in [1.29, 1.82) is 0 Å². The minimum atomic E-state index is -0.608. The van der Waals surface area contributed by atoms with Crippen molar-refractivity contribution >= 4 is 17.4 Å². The topological polar surface area (TPSA) is 57.2 Å². The number of carbonyl (C=O) groups is 1. The zero-order valence-electron chi connectivity index (χ0n) is 18.4. The molecule has 168 valence electrons. The zero-order valence-corrected chi connectivity index (χ0v) is 18.4. The van der Waals surface area contributed by atoms with Gasteiger partial charge in [0.25, 0.3) is 5.91 Å². The van der Waals surface area contributed by atoms with Crippen LogP contribution in [0, 0.1) is 17.6 Å². The van der Waals surface area contributed by atoms with E-state index in [4.69, 9.17) is 4.74 Å². The smallest absolute Gasteiger partial charge is 0.262 e. The van der Waals surface area contributed by atoms with Crippen LogP contribution in [0.4, 0.5) is 14.5 Å². The maximum Gasteiger partial charge on any atom is 0.262 e. The van der Waals surface area contributed by atoms with Crippen LogP contribution in [0.5, 0.6) is 5.75 Å². The average molecular weight is 440 g/mol. The van der Waals surface area contributed by atoms with E-state index in [1.165, 1.54) is 12.1 Å². The summed E-state index contributed by atoms with van der Waals surface area (Å²) in [6, 6.07) is 7.09. The minimum absolute atomic E-state index is 0.187. The van der Waals surface area contributed by atoms with Crippen molar-refractivity contribution in [3.05, 3.63) is 47.5 Å². The summed E-state index contributed by atoms with van der Waals surface area (Å²) < 4.78 is 34.5. The van der Waals surface area contributed by atoms with Gasteiger partial charge in [0.15, 0.2) is 5.84 Å². The zero-order chi connectivity index (χ0) is 22.6. The maximum absolute atomic E-state index is 14.9. The number of hydrogen-bond acceptors (Lipinski definition) is 5. The second-order valence-corrected chi connectivity index (χ2v) is 9.00. The van der Waals surface area contributed by atoms with E-state index in [1.54, 1.807) is 0 Å². The molecular weight excluding hydrogens is 414 g/mol. The molecule has 8 heteroatoms. The van der Waals surface area contributed by atoms with Crippen molar-refractivity contribution in [3.8, 4) is 16.9 Å². The van der Waals surface area contributed by atoms with Gasteiger partial charge in [-0.15, -0.1) is 0 Å². The Morgan fingerprint density at radius 3 is 2.72 bits per heavy atom. The van der Waals surface area contributed by atoms with Crippen molar-refractivity contribution in [2.75, 3.05) is 31.6 Å². The first-order chi connectivity index (χ1) is 15.3. The number of likely N-dealkylation sites (tertiary alicyclic amines) is 1. The average Bonchev–Trinajstić information content (AvgIpc) is 2.75. The molecule has 3 aliphatic heterocycles. The predicted octanol–water partition coefficient (Wildman–Crippen LogP) is 3.72. The lowest BCUT2D eigenvalue weighted by atomic mass is 9.78. The number of amides is 1. The van der Waals surface area contributed by atoms with Gasteiger partial charge in [-0.3, -0.25) is 4.79 Å². The van der Waals surface area contributed by atoms with Gasteiger partial charge in [-0.1, -0.05) is 6.92 Å². The highest BCUT2D eigenvalue weighted by Gasteiger charge is 2.37. The van der Waals surface area contributed by atoms with Crippen molar-refractivity contribution < 1.29 is 18.3 Å². The molecule has 1 amide bonds. The number of hydrogen-bond donors (Lipinski definition) is 1. The molecule has 0 bridgehead atoms. The number of piperidine rings is 1. The highest BCUT2D eigenvalue weighted by atomic mass is 19.1. The molecule has 0 aromatic heterocycles. The van der Waals surface area contributed by atoms with Gasteiger partial charge in [0.05, 0.1) is 5.69 Å².